The minimum Gasteiger partial charge on any atom is -0.494 e. The molecule has 0 aliphatic rings. The summed E-state index contributed by atoms with van der Waals surface area (Å²) in [6.07, 6.45) is 1.03. The van der Waals surface area contributed by atoms with Crippen molar-refractivity contribution in [2.75, 3.05) is 20.2 Å². The summed E-state index contributed by atoms with van der Waals surface area (Å²) in [4.78, 5) is 0. The second kappa shape index (κ2) is 6.04. The second-order valence-corrected chi connectivity index (χ2v) is 4.07. The lowest BCUT2D eigenvalue weighted by atomic mass is 10.2. The van der Waals surface area contributed by atoms with E-state index in [0.717, 1.165) is 29.8 Å². The molecule has 0 fully saturated rings. The van der Waals surface area contributed by atoms with E-state index < -0.39 is 0 Å². The maximum Gasteiger partial charge on any atom is 0.119 e. The second-order valence-electron chi connectivity index (χ2n) is 3.22. The zero-order valence-corrected chi connectivity index (χ0v) is 10.2. The highest BCUT2D eigenvalue weighted by molar-refractivity contribution is 9.10. The van der Waals surface area contributed by atoms with Crippen LogP contribution in [-0.2, 0) is 0 Å². The van der Waals surface area contributed by atoms with Crippen LogP contribution in [0, 0.1) is 6.92 Å². The van der Waals surface area contributed by atoms with Gasteiger partial charge in [-0.05, 0) is 50.7 Å². The fourth-order valence-corrected chi connectivity index (χ4v) is 1.39. The predicted molar refractivity (Wildman–Crippen MR) is 62.9 cm³/mol. The average Bonchev–Trinajstić information content (AvgIpc) is 2.18. The maximum atomic E-state index is 5.58. The minimum atomic E-state index is 0.766. The summed E-state index contributed by atoms with van der Waals surface area (Å²) in [5, 5.41) is 3.09. The Morgan fingerprint density at radius 1 is 1.43 bits per heavy atom. The van der Waals surface area contributed by atoms with E-state index in [2.05, 4.69) is 28.2 Å². The minimum absolute atomic E-state index is 0.766. The van der Waals surface area contributed by atoms with E-state index in [1.807, 2.05) is 25.2 Å². The topological polar surface area (TPSA) is 21.3 Å². The van der Waals surface area contributed by atoms with Gasteiger partial charge in [-0.25, -0.2) is 0 Å². The fraction of sp³-hybridized carbons (Fsp3) is 0.455. The van der Waals surface area contributed by atoms with E-state index in [1.165, 1.54) is 5.56 Å². The van der Waals surface area contributed by atoms with E-state index in [1.54, 1.807) is 0 Å². The highest BCUT2D eigenvalue weighted by Gasteiger charge is 1.97. The summed E-state index contributed by atoms with van der Waals surface area (Å²) < 4.78 is 6.71. The van der Waals surface area contributed by atoms with Crippen molar-refractivity contribution in [3.05, 3.63) is 28.2 Å². The monoisotopic (exact) mass is 257 g/mol. The molecular weight excluding hydrogens is 242 g/mol. The number of aryl methyl sites for hydroxylation is 1. The van der Waals surface area contributed by atoms with Crippen LogP contribution in [0.25, 0.3) is 0 Å². The highest BCUT2D eigenvalue weighted by Crippen LogP contribution is 2.21. The molecule has 0 amide bonds. The van der Waals surface area contributed by atoms with Gasteiger partial charge in [0.15, 0.2) is 0 Å². The summed E-state index contributed by atoms with van der Waals surface area (Å²) in [5.41, 5.74) is 1.20. The first-order chi connectivity index (χ1) is 6.74. The molecule has 1 rings (SSSR count). The molecule has 1 aromatic rings. The molecule has 3 heteroatoms. The van der Waals surface area contributed by atoms with E-state index in [-0.39, 0.29) is 0 Å². The van der Waals surface area contributed by atoms with Crippen LogP contribution < -0.4 is 10.1 Å². The zero-order chi connectivity index (χ0) is 10.4. The van der Waals surface area contributed by atoms with E-state index in [0.29, 0.717) is 0 Å². The van der Waals surface area contributed by atoms with Crippen LogP contribution in [0.3, 0.4) is 0 Å². The molecule has 0 aliphatic carbocycles. The quantitative estimate of drug-likeness (QED) is 0.820. The normalized spacial score (nSPS) is 10.2. The molecule has 2 nitrogen and oxygen atoms in total. The SMILES string of the molecule is CNCCCOc1ccc(Br)c(C)c1. The van der Waals surface area contributed by atoms with Crippen molar-refractivity contribution in [3.8, 4) is 5.75 Å². The van der Waals surface area contributed by atoms with Crippen LogP contribution in [0.4, 0.5) is 0 Å². The molecule has 1 aromatic carbocycles. The molecule has 0 unspecified atom stereocenters. The Labute approximate surface area is 93.8 Å². The Bertz CT molecular complexity index is 289. The van der Waals surface area contributed by atoms with Gasteiger partial charge in [-0.1, -0.05) is 15.9 Å². The lowest BCUT2D eigenvalue weighted by molar-refractivity contribution is 0.309. The largest absolute Gasteiger partial charge is 0.494 e. The van der Waals surface area contributed by atoms with E-state index >= 15 is 0 Å². The molecule has 14 heavy (non-hydrogen) atoms. The Hall–Kier alpha value is -0.540. The van der Waals surface area contributed by atoms with Crippen molar-refractivity contribution < 1.29 is 4.74 Å². The molecule has 0 atom stereocenters. The van der Waals surface area contributed by atoms with Crippen molar-refractivity contribution >= 4 is 15.9 Å². The zero-order valence-electron chi connectivity index (χ0n) is 8.64. The molecule has 78 valence electrons. The van der Waals surface area contributed by atoms with Crippen molar-refractivity contribution in [3.63, 3.8) is 0 Å². The summed E-state index contributed by atoms with van der Waals surface area (Å²) in [6, 6.07) is 6.04. The third kappa shape index (κ3) is 3.68. The van der Waals surface area contributed by atoms with E-state index in [9.17, 15) is 0 Å². The Morgan fingerprint density at radius 3 is 2.86 bits per heavy atom. The van der Waals surface area contributed by atoms with Crippen molar-refractivity contribution in [1.29, 1.82) is 0 Å². The Balaban J connectivity index is 2.39. The third-order valence-corrected chi connectivity index (χ3v) is 2.86. The number of nitrogens with one attached hydrogen (secondary N) is 1. The molecule has 0 aliphatic heterocycles. The lowest BCUT2D eigenvalue weighted by Crippen LogP contribution is -2.11. The van der Waals surface area contributed by atoms with Gasteiger partial charge in [0.2, 0.25) is 0 Å². The van der Waals surface area contributed by atoms with Gasteiger partial charge >= 0.3 is 0 Å². The van der Waals surface area contributed by atoms with Gasteiger partial charge in [0.1, 0.15) is 5.75 Å². The molecule has 0 saturated carbocycles. The highest BCUT2D eigenvalue weighted by atomic mass is 79.9. The van der Waals surface area contributed by atoms with Gasteiger partial charge in [0.25, 0.3) is 0 Å². The summed E-state index contributed by atoms with van der Waals surface area (Å²) in [7, 11) is 1.95. The smallest absolute Gasteiger partial charge is 0.119 e. The van der Waals surface area contributed by atoms with Gasteiger partial charge < -0.3 is 10.1 Å². The van der Waals surface area contributed by atoms with Gasteiger partial charge in [-0.3, -0.25) is 0 Å². The first kappa shape index (κ1) is 11.5. The van der Waals surface area contributed by atoms with Gasteiger partial charge in [-0.15, -0.1) is 0 Å². The molecule has 0 spiro atoms. The predicted octanol–water partition coefficient (Wildman–Crippen LogP) is 2.75. The number of hydrogen-bond donors (Lipinski definition) is 1. The van der Waals surface area contributed by atoms with Crippen LogP contribution in [0.15, 0.2) is 22.7 Å². The van der Waals surface area contributed by atoms with Crippen LogP contribution >= 0.6 is 15.9 Å². The van der Waals surface area contributed by atoms with E-state index in [4.69, 9.17) is 4.74 Å². The Morgan fingerprint density at radius 2 is 2.21 bits per heavy atom. The lowest BCUT2D eigenvalue weighted by Gasteiger charge is -2.07. The number of rotatable bonds is 5. The van der Waals surface area contributed by atoms with Gasteiger partial charge in [0.05, 0.1) is 6.61 Å². The number of halogens is 1. The maximum absolute atomic E-state index is 5.58. The third-order valence-electron chi connectivity index (χ3n) is 1.97. The van der Waals surface area contributed by atoms with Gasteiger partial charge in [0, 0.05) is 4.47 Å². The first-order valence-corrected chi connectivity index (χ1v) is 5.57. The van der Waals surface area contributed by atoms with Crippen LogP contribution in [-0.4, -0.2) is 20.2 Å². The molecule has 1 N–H and O–H groups in total. The molecule has 0 aromatic heterocycles. The first-order valence-electron chi connectivity index (χ1n) is 4.77. The standard InChI is InChI=1S/C11H16BrNO/c1-9-8-10(4-5-11(9)12)14-7-3-6-13-2/h4-5,8,13H,3,6-7H2,1-2H3. The summed E-state index contributed by atoms with van der Waals surface area (Å²) >= 11 is 3.46. The van der Waals surface area contributed by atoms with Crippen LogP contribution in [0.2, 0.25) is 0 Å². The summed E-state index contributed by atoms with van der Waals surface area (Å²) in [5.74, 6) is 0.946. The summed E-state index contributed by atoms with van der Waals surface area (Å²) in [6.45, 7) is 3.82. The van der Waals surface area contributed by atoms with Crippen molar-refractivity contribution in [1.82, 2.24) is 5.32 Å². The molecule has 0 radical (unpaired) electrons. The van der Waals surface area contributed by atoms with Crippen LogP contribution in [0.5, 0.6) is 5.75 Å². The van der Waals surface area contributed by atoms with Crippen LogP contribution in [0.1, 0.15) is 12.0 Å². The molecule has 0 bridgehead atoms. The molecule has 0 heterocycles. The van der Waals surface area contributed by atoms with Crippen molar-refractivity contribution in [2.45, 2.75) is 13.3 Å². The number of ether oxygens (including phenoxy) is 1. The Kier molecular flexibility index (Phi) is 4.98. The van der Waals surface area contributed by atoms with Gasteiger partial charge in [-0.2, -0.15) is 0 Å². The number of benzene rings is 1. The molecular formula is C11H16BrNO. The number of hydrogen-bond acceptors (Lipinski definition) is 2. The molecule has 0 saturated heterocycles. The fourth-order valence-electron chi connectivity index (χ4n) is 1.15. The van der Waals surface area contributed by atoms with Crippen molar-refractivity contribution in [2.24, 2.45) is 0 Å². The average molecular weight is 258 g/mol.